The van der Waals surface area contributed by atoms with E-state index in [1.165, 1.54) is 0 Å². The topological polar surface area (TPSA) is 29.5 Å². The smallest absolute Gasteiger partial charge is 0.159 e. The number of halogens is 1. The number of anilines is 1. The van der Waals surface area contributed by atoms with Gasteiger partial charge < -0.3 is 9.64 Å². The lowest BCUT2D eigenvalue weighted by Gasteiger charge is -2.40. The molecule has 0 spiro atoms. The van der Waals surface area contributed by atoms with Gasteiger partial charge in [-0.1, -0.05) is 6.92 Å². The fourth-order valence-electron chi connectivity index (χ4n) is 2.44. The number of carbonyl (C=O) groups is 1. The molecule has 0 amide bonds. The van der Waals surface area contributed by atoms with E-state index in [1.807, 2.05) is 18.2 Å². The zero-order valence-corrected chi connectivity index (χ0v) is 13.2. The summed E-state index contributed by atoms with van der Waals surface area (Å²) in [5.41, 5.74) is 1.89. The summed E-state index contributed by atoms with van der Waals surface area (Å²) in [5, 5.41) is 0. The number of carbonyl (C=O) groups excluding carboxylic acids is 1. The lowest BCUT2D eigenvalue weighted by molar-refractivity contribution is 0.0299. The van der Waals surface area contributed by atoms with Crippen LogP contribution in [0.2, 0.25) is 0 Å². The summed E-state index contributed by atoms with van der Waals surface area (Å²) >= 11 is 3.59. The van der Waals surface area contributed by atoms with Crippen LogP contribution in [0.1, 0.15) is 37.6 Å². The average Bonchev–Trinajstić information content (AvgIpc) is 2.38. The van der Waals surface area contributed by atoms with Crippen LogP contribution in [0.4, 0.5) is 5.69 Å². The molecule has 1 aromatic carbocycles. The van der Waals surface area contributed by atoms with Crippen molar-refractivity contribution in [2.24, 2.45) is 0 Å². The number of ether oxygens (including phenoxy) is 1. The number of benzene rings is 1. The predicted molar refractivity (Wildman–Crippen MR) is 81.0 cm³/mol. The molecule has 0 N–H and O–H groups in total. The van der Waals surface area contributed by atoms with Gasteiger partial charge in [-0.15, -0.1) is 0 Å². The summed E-state index contributed by atoms with van der Waals surface area (Å²) in [4.78, 5) is 13.8. The molecule has 2 unspecified atom stereocenters. The predicted octanol–water partition coefficient (Wildman–Crippen LogP) is 3.66. The summed E-state index contributed by atoms with van der Waals surface area (Å²) in [7, 11) is 0. The summed E-state index contributed by atoms with van der Waals surface area (Å²) in [5.74, 6) is 0.0923. The number of Topliss-reactive ketones (excluding diaryl/α,β-unsaturated/α-hetero) is 1. The molecule has 0 bridgehead atoms. The highest BCUT2D eigenvalue weighted by atomic mass is 79.9. The Labute approximate surface area is 123 Å². The Bertz CT molecular complexity index is 475. The fraction of sp³-hybridized carbons (Fsp3) is 0.533. The van der Waals surface area contributed by atoms with Gasteiger partial charge in [-0.05, 0) is 54.4 Å². The molecular weight excluding hydrogens is 306 g/mol. The summed E-state index contributed by atoms with van der Waals surface area (Å²) < 4.78 is 6.70. The van der Waals surface area contributed by atoms with Gasteiger partial charge in [0.25, 0.3) is 0 Å². The third-order valence-corrected chi connectivity index (χ3v) is 4.24. The van der Waals surface area contributed by atoms with Gasteiger partial charge >= 0.3 is 0 Å². The molecule has 3 nitrogen and oxygen atoms in total. The van der Waals surface area contributed by atoms with Crippen molar-refractivity contribution >= 4 is 27.4 Å². The number of nitrogens with zero attached hydrogens (tertiary/aromatic N) is 1. The monoisotopic (exact) mass is 325 g/mol. The Balaban J connectivity index is 2.31. The lowest BCUT2D eigenvalue weighted by Crippen LogP contribution is -2.48. The standard InChI is InChI=1S/C15H20BrNO2/c1-4-13-9-19-10(2)8-17(13)15-6-5-12(11(3)18)7-14(15)16/h5-7,10,13H,4,8-9H2,1-3H3. The van der Waals surface area contributed by atoms with Gasteiger partial charge in [0.1, 0.15) is 0 Å². The first-order valence-corrected chi connectivity index (χ1v) is 7.51. The van der Waals surface area contributed by atoms with Crippen molar-refractivity contribution in [3.8, 4) is 0 Å². The van der Waals surface area contributed by atoms with Crippen molar-refractivity contribution in [2.75, 3.05) is 18.1 Å². The SMILES string of the molecule is CCC1COC(C)CN1c1ccc(C(C)=O)cc1Br. The van der Waals surface area contributed by atoms with Gasteiger partial charge in [0.2, 0.25) is 0 Å². The maximum Gasteiger partial charge on any atom is 0.159 e. The molecule has 1 aliphatic heterocycles. The second-order valence-corrected chi connectivity index (χ2v) is 5.94. The minimum Gasteiger partial charge on any atom is -0.375 e. The van der Waals surface area contributed by atoms with E-state index < -0.39 is 0 Å². The molecule has 2 rings (SSSR count). The molecule has 1 saturated heterocycles. The Hall–Kier alpha value is -0.870. The highest BCUT2D eigenvalue weighted by Crippen LogP contribution is 2.31. The first-order chi connectivity index (χ1) is 9.02. The zero-order valence-electron chi connectivity index (χ0n) is 11.6. The van der Waals surface area contributed by atoms with Crippen LogP contribution in [-0.4, -0.2) is 31.1 Å². The van der Waals surface area contributed by atoms with E-state index in [4.69, 9.17) is 4.74 Å². The van der Waals surface area contributed by atoms with Crippen molar-refractivity contribution in [3.05, 3.63) is 28.2 Å². The Morgan fingerprint density at radius 3 is 2.84 bits per heavy atom. The number of morpholine rings is 1. The summed E-state index contributed by atoms with van der Waals surface area (Å²) in [6.45, 7) is 7.51. The van der Waals surface area contributed by atoms with Gasteiger partial charge in [-0.2, -0.15) is 0 Å². The second kappa shape index (κ2) is 6.06. The maximum absolute atomic E-state index is 11.4. The Morgan fingerprint density at radius 1 is 1.53 bits per heavy atom. The van der Waals surface area contributed by atoms with E-state index in [1.54, 1.807) is 6.92 Å². The summed E-state index contributed by atoms with van der Waals surface area (Å²) in [6, 6.07) is 6.23. The first-order valence-electron chi connectivity index (χ1n) is 6.71. The number of rotatable bonds is 3. The van der Waals surface area contributed by atoms with Crippen LogP contribution in [0.5, 0.6) is 0 Å². The molecule has 0 radical (unpaired) electrons. The molecule has 104 valence electrons. The molecule has 0 aliphatic carbocycles. The maximum atomic E-state index is 11.4. The molecule has 1 aromatic rings. The third kappa shape index (κ3) is 3.18. The molecule has 1 aliphatic rings. The number of ketones is 1. The summed E-state index contributed by atoms with van der Waals surface area (Å²) in [6.07, 6.45) is 1.29. The van der Waals surface area contributed by atoms with Crippen molar-refractivity contribution in [3.63, 3.8) is 0 Å². The van der Waals surface area contributed by atoms with Crippen LogP contribution >= 0.6 is 15.9 Å². The van der Waals surface area contributed by atoms with E-state index in [0.717, 1.165) is 35.3 Å². The number of hydrogen-bond acceptors (Lipinski definition) is 3. The van der Waals surface area contributed by atoms with E-state index in [9.17, 15) is 4.79 Å². The van der Waals surface area contributed by atoms with Crippen LogP contribution in [0.15, 0.2) is 22.7 Å². The zero-order chi connectivity index (χ0) is 14.0. The molecular formula is C15H20BrNO2. The van der Waals surface area contributed by atoms with E-state index in [-0.39, 0.29) is 11.9 Å². The molecule has 1 heterocycles. The van der Waals surface area contributed by atoms with Crippen molar-refractivity contribution < 1.29 is 9.53 Å². The minimum absolute atomic E-state index is 0.0923. The quantitative estimate of drug-likeness (QED) is 0.794. The number of hydrogen-bond donors (Lipinski definition) is 0. The highest BCUT2D eigenvalue weighted by Gasteiger charge is 2.27. The molecule has 1 fully saturated rings. The van der Waals surface area contributed by atoms with Crippen LogP contribution in [-0.2, 0) is 4.74 Å². The molecule has 0 saturated carbocycles. The average molecular weight is 326 g/mol. The van der Waals surface area contributed by atoms with Gasteiger partial charge in [-0.25, -0.2) is 0 Å². The Kier molecular flexibility index (Phi) is 4.63. The van der Waals surface area contributed by atoms with Crippen LogP contribution < -0.4 is 4.90 Å². The van der Waals surface area contributed by atoms with E-state index in [2.05, 4.69) is 34.7 Å². The molecule has 4 heteroatoms. The van der Waals surface area contributed by atoms with Crippen molar-refractivity contribution in [1.29, 1.82) is 0 Å². The van der Waals surface area contributed by atoms with Gasteiger partial charge in [0.15, 0.2) is 5.78 Å². The van der Waals surface area contributed by atoms with Crippen molar-refractivity contribution in [2.45, 2.75) is 39.3 Å². The van der Waals surface area contributed by atoms with Crippen LogP contribution in [0.25, 0.3) is 0 Å². The molecule has 2 atom stereocenters. The molecule has 0 aromatic heterocycles. The first kappa shape index (κ1) is 14.5. The second-order valence-electron chi connectivity index (χ2n) is 5.08. The van der Waals surface area contributed by atoms with E-state index >= 15 is 0 Å². The van der Waals surface area contributed by atoms with Crippen LogP contribution in [0.3, 0.4) is 0 Å². The third-order valence-electron chi connectivity index (χ3n) is 3.60. The lowest BCUT2D eigenvalue weighted by atomic mass is 10.1. The van der Waals surface area contributed by atoms with Gasteiger partial charge in [0, 0.05) is 16.6 Å². The minimum atomic E-state index is 0.0923. The fourth-order valence-corrected chi connectivity index (χ4v) is 3.04. The van der Waals surface area contributed by atoms with Gasteiger partial charge in [0.05, 0.1) is 24.4 Å². The Morgan fingerprint density at radius 2 is 2.26 bits per heavy atom. The van der Waals surface area contributed by atoms with E-state index in [0.29, 0.717) is 6.04 Å². The molecule has 19 heavy (non-hydrogen) atoms. The van der Waals surface area contributed by atoms with Crippen LogP contribution in [0, 0.1) is 0 Å². The normalized spacial score (nSPS) is 23.5. The largest absolute Gasteiger partial charge is 0.375 e. The van der Waals surface area contributed by atoms with Gasteiger partial charge in [-0.3, -0.25) is 4.79 Å². The van der Waals surface area contributed by atoms with Crippen molar-refractivity contribution in [1.82, 2.24) is 0 Å². The highest BCUT2D eigenvalue weighted by molar-refractivity contribution is 9.10.